The van der Waals surface area contributed by atoms with Crippen LogP contribution in [0.15, 0.2) is 41.4 Å². The highest BCUT2D eigenvalue weighted by Crippen LogP contribution is 2.36. The van der Waals surface area contributed by atoms with Crippen molar-refractivity contribution in [2.24, 2.45) is 4.99 Å². The van der Waals surface area contributed by atoms with Crippen molar-refractivity contribution in [3.05, 3.63) is 64.7 Å². The average Bonchev–Trinajstić information content (AvgIpc) is 3.20. The number of pyridine rings is 1. The largest absolute Gasteiger partial charge is 0.481 e. The predicted octanol–water partition coefficient (Wildman–Crippen LogP) is 1.24. The fourth-order valence-electron chi connectivity index (χ4n) is 4.78. The Balaban J connectivity index is 1.47. The number of methoxy groups -OCH3 is 2. The van der Waals surface area contributed by atoms with Gasteiger partial charge in [0.2, 0.25) is 11.8 Å². The van der Waals surface area contributed by atoms with Crippen LogP contribution in [0.25, 0.3) is 11.3 Å². The fraction of sp³-hybridized carbons (Fsp3) is 0.385. The number of nitrogens with two attached hydrogens (primary N) is 1. The first-order chi connectivity index (χ1) is 18.8. The summed E-state index contributed by atoms with van der Waals surface area (Å²) in [5, 5.41) is 20.3. The number of hydrogen-bond donors (Lipinski definition) is 4. The number of aliphatic imine (C=N–C) groups is 1. The van der Waals surface area contributed by atoms with E-state index in [1.807, 2.05) is 0 Å². The van der Waals surface area contributed by atoms with Crippen LogP contribution < -0.4 is 16.0 Å². The van der Waals surface area contributed by atoms with Gasteiger partial charge in [-0.1, -0.05) is 12.1 Å². The smallest absolute Gasteiger partial charge is 0.220 e. The van der Waals surface area contributed by atoms with Crippen molar-refractivity contribution in [3.8, 4) is 17.1 Å². The number of halogens is 1. The number of aliphatic hydroxyl groups excluding tert-OH is 2. The number of benzene rings is 1. The zero-order valence-electron chi connectivity index (χ0n) is 21.5. The fourth-order valence-corrected chi connectivity index (χ4v) is 4.78. The lowest BCUT2D eigenvalue weighted by Gasteiger charge is -2.26. The zero-order valence-corrected chi connectivity index (χ0v) is 21.5. The molecule has 0 bridgehead atoms. The Labute approximate surface area is 223 Å². The Morgan fingerprint density at radius 2 is 1.95 bits per heavy atom. The molecule has 1 aromatic carbocycles. The summed E-state index contributed by atoms with van der Waals surface area (Å²) in [6.07, 6.45) is -3.86. The van der Waals surface area contributed by atoms with Crippen molar-refractivity contribution in [1.29, 1.82) is 0 Å². The second-order valence-electron chi connectivity index (χ2n) is 9.16. The van der Waals surface area contributed by atoms with Gasteiger partial charge in [0.25, 0.3) is 0 Å². The van der Waals surface area contributed by atoms with E-state index in [-0.39, 0.29) is 12.6 Å². The molecule has 2 aliphatic heterocycles. The molecule has 5 N–H and O–H groups in total. The summed E-state index contributed by atoms with van der Waals surface area (Å²) in [6.45, 7) is 1.66. The Morgan fingerprint density at radius 3 is 2.69 bits per heavy atom. The van der Waals surface area contributed by atoms with Gasteiger partial charge < -0.3 is 30.2 Å². The molecule has 12 nitrogen and oxygen atoms in total. The van der Waals surface area contributed by atoms with E-state index < -0.39 is 36.5 Å². The van der Waals surface area contributed by atoms with Gasteiger partial charge in [0, 0.05) is 25.2 Å². The maximum atomic E-state index is 14.4. The van der Waals surface area contributed by atoms with Crippen LogP contribution in [0.2, 0.25) is 0 Å². The number of aliphatic hydroxyl groups is 2. The summed E-state index contributed by atoms with van der Waals surface area (Å²) in [5.74, 6) is 0.408. The first-order valence-electron chi connectivity index (χ1n) is 12.2. The predicted molar refractivity (Wildman–Crippen MR) is 137 cm³/mol. The maximum absolute atomic E-state index is 14.4. The minimum absolute atomic E-state index is 0.114. The number of nitrogens with one attached hydrogen (secondary N) is 1. The molecule has 2 aromatic heterocycles. The maximum Gasteiger partial charge on any atom is 0.220 e. The molecule has 5 rings (SSSR count). The molecule has 2 aliphatic rings. The van der Waals surface area contributed by atoms with Gasteiger partial charge in [-0.15, -0.1) is 0 Å². The van der Waals surface area contributed by atoms with Crippen molar-refractivity contribution in [2.75, 3.05) is 26.6 Å². The van der Waals surface area contributed by atoms with E-state index in [9.17, 15) is 14.6 Å². The molecule has 0 unspecified atom stereocenters. The van der Waals surface area contributed by atoms with Crippen LogP contribution in [0, 0.1) is 12.7 Å². The van der Waals surface area contributed by atoms with Crippen molar-refractivity contribution >= 4 is 11.8 Å². The van der Waals surface area contributed by atoms with Crippen LogP contribution in [-0.2, 0) is 20.7 Å². The molecule has 0 saturated carbocycles. The van der Waals surface area contributed by atoms with E-state index in [1.165, 1.54) is 26.4 Å². The standard InChI is InChI=1S/C26H29FN6O6/c1-12-21-18(32-26(28)29-12)10-17(31-24(21)33-38-11-19-22(34)23(35)25(37-3)39-19)14-8-7-13(27)9-15(14)16-5-4-6-20(30-16)36-2/h4-9,17,19,22-23,25,34-35H,10-11H2,1-3H3,(H,31,33)(H2,28,29,32)/t17-,19-,22-,23-,25+/m1/s1. The first-order valence-corrected chi connectivity index (χ1v) is 12.2. The van der Waals surface area contributed by atoms with Crippen LogP contribution in [0.3, 0.4) is 0 Å². The number of aromatic nitrogens is 3. The summed E-state index contributed by atoms with van der Waals surface area (Å²) < 4.78 is 30.2. The number of fused-ring (bicyclic) bond motifs is 1. The second-order valence-corrected chi connectivity index (χ2v) is 9.16. The zero-order chi connectivity index (χ0) is 27.7. The Morgan fingerprint density at radius 1 is 1.13 bits per heavy atom. The molecule has 13 heteroatoms. The molecule has 0 spiro atoms. The number of nitrogens with zero attached hydrogens (tertiary/aromatic N) is 4. The Kier molecular flexibility index (Phi) is 7.68. The monoisotopic (exact) mass is 540 g/mol. The van der Waals surface area contributed by atoms with E-state index in [4.69, 9.17) is 29.8 Å². The summed E-state index contributed by atoms with van der Waals surface area (Å²) in [4.78, 5) is 23.7. The van der Waals surface area contributed by atoms with Gasteiger partial charge in [-0.3, -0.25) is 9.83 Å². The molecule has 4 heterocycles. The van der Waals surface area contributed by atoms with E-state index in [0.717, 1.165) is 0 Å². The number of nitrogen functional groups attached to an aromatic ring is 1. The number of hydrogen-bond acceptors (Lipinski definition) is 12. The van der Waals surface area contributed by atoms with Gasteiger partial charge in [0.1, 0.15) is 30.7 Å². The normalized spacial score (nSPS) is 24.3. The quantitative estimate of drug-likeness (QED) is 0.318. The second kappa shape index (κ2) is 11.2. The average molecular weight is 541 g/mol. The van der Waals surface area contributed by atoms with Crippen molar-refractivity contribution in [3.63, 3.8) is 0 Å². The molecule has 1 fully saturated rings. The SMILES string of the molecule is COc1cccc(-c2cc(F)ccc2[C@H]2Cc3nc(N)nc(C)c3C(NOC[C@H]3O[C@H](OC)[C@H](O)[C@@H]3O)=N2)n1. The minimum Gasteiger partial charge on any atom is -0.481 e. The highest BCUT2D eigenvalue weighted by atomic mass is 19.1. The van der Waals surface area contributed by atoms with Crippen LogP contribution in [0.1, 0.15) is 28.6 Å². The minimum atomic E-state index is -1.21. The number of ether oxygens (including phenoxy) is 3. The lowest BCUT2D eigenvalue weighted by atomic mass is 9.91. The van der Waals surface area contributed by atoms with Crippen molar-refractivity contribution in [1.82, 2.24) is 20.4 Å². The van der Waals surface area contributed by atoms with Gasteiger partial charge in [-0.05, 0) is 30.7 Å². The van der Waals surface area contributed by atoms with Gasteiger partial charge in [-0.25, -0.2) is 24.8 Å². The molecule has 39 heavy (non-hydrogen) atoms. The number of aryl methyl sites for hydroxylation is 1. The lowest BCUT2D eigenvalue weighted by Crippen LogP contribution is -2.38. The summed E-state index contributed by atoms with van der Waals surface area (Å²) >= 11 is 0. The van der Waals surface area contributed by atoms with Gasteiger partial charge >= 0.3 is 0 Å². The number of rotatable bonds is 7. The third kappa shape index (κ3) is 5.40. The van der Waals surface area contributed by atoms with Crippen LogP contribution in [0.4, 0.5) is 10.3 Å². The summed E-state index contributed by atoms with van der Waals surface area (Å²) in [5.41, 5.74) is 12.4. The lowest BCUT2D eigenvalue weighted by molar-refractivity contribution is -0.158. The number of anilines is 1. The summed E-state index contributed by atoms with van der Waals surface area (Å²) in [6, 6.07) is 9.17. The highest BCUT2D eigenvalue weighted by Gasteiger charge is 2.43. The number of amidine groups is 1. The van der Waals surface area contributed by atoms with E-state index in [0.29, 0.717) is 51.9 Å². The Hall–Kier alpha value is -3.75. The molecule has 1 saturated heterocycles. The van der Waals surface area contributed by atoms with Gasteiger partial charge in [0.05, 0.1) is 35.8 Å². The first kappa shape index (κ1) is 26.8. The third-order valence-corrected chi connectivity index (χ3v) is 6.64. The van der Waals surface area contributed by atoms with Gasteiger partial charge in [0.15, 0.2) is 12.1 Å². The number of hydroxylamine groups is 1. The van der Waals surface area contributed by atoms with Crippen molar-refractivity contribution in [2.45, 2.75) is 44.0 Å². The van der Waals surface area contributed by atoms with E-state index in [2.05, 4.69) is 20.4 Å². The van der Waals surface area contributed by atoms with Crippen molar-refractivity contribution < 1.29 is 33.7 Å². The van der Waals surface area contributed by atoms with Gasteiger partial charge in [-0.2, -0.15) is 0 Å². The molecular formula is C26H29FN6O6. The van der Waals surface area contributed by atoms with Crippen LogP contribution in [0.5, 0.6) is 5.88 Å². The highest BCUT2D eigenvalue weighted by molar-refractivity contribution is 6.01. The Bertz CT molecular complexity index is 1390. The molecule has 0 amide bonds. The van der Waals surface area contributed by atoms with E-state index >= 15 is 0 Å². The molecule has 0 aliphatic carbocycles. The van der Waals surface area contributed by atoms with Crippen LogP contribution >= 0.6 is 0 Å². The molecule has 206 valence electrons. The molecule has 5 atom stereocenters. The third-order valence-electron chi connectivity index (χ3n) is 6.64. The molecule has 0 radical (unpaired) electrons. The van der Waals surface area contributed by atoms with E-state index in [1.54, 1.807) is 31.2 Å². The molecular weight excluding hydrogens is 511 g/mol. The van der Waals surface area contributed by atoms with Crippen LogP contribution in [-0.4, -0.2) is 76.4 Å². The molecule has 3 aromatic rings. The topological polar surface area (TPSA) is 166 Å². The summed E-state index contributed by atoms with van der Waals surface area (Å²) in [7, 11) is 2.88.